The average molecular weight is 418 g/mol. The molecular weight excluding hydrogens is 406 g/mol. The van der Waals surface area contributed by atoms with Gasteiger partial charge in [0.2, 0.25) is 16.0 Å². The van der Waals surface area contributed by atoms with E-state index in [0.29, 0.717) is 19.0 Å². The Kier molecular flexibility index (Phi) is 5.09. The highest BCUT2D eigenvalue weighted by atomic mass is 32.2. The normalized spacial score (nSPS) is 11.8. The molecule has 3 heterocycles. The number of hydrogen-bond acceptors (Lipinski definition) is 10. The molecule has 4 aromatic rings. The van der Waals surface area contributed by atoms with E-state index < -0.39 is 0 Å². The van der Waals surface area contributed by atoms with Crippen LogP contribution in [0.15, 0.2) is 45.8 Å². The number of fused-ring (bicyclic) bond motifs is 1. The van der Waals surface area contributed by atoms with Gasteiger partial charge in [-0.3, -0.25) is 9.59 Å². The van der Waals surface area contributed by atoms with E-state index in [9.17, 15) is 9.59 Å². The molecule has 1 aromatic carbocycles. The third-order valence-corrected chi connectivity index (χ3v) is 6.20. The van der Waals surface area contributed by atoms with Gasteiger partial charge in [0.25, 0.3) is 5.56 Å². The molecule has 0 atom stereocenters. The Labute approximate surface area is 164 Å². The Morgan fingerprint density at radius 1 is 1.22 bits per heavy atom. The number of benzene rings is 1. The van der Waals surface area contributed by atoms with Crippen molar-refractivity contribution < 1.29 is 4.79 Å². The Bertz CT molecular complexity index is 1190. The van der Waals surface area contributed by atoms with Crippen LogP contribution >= 0.6 is 34.4 Å². The molecule has 27 heavy (non-hydrogen) atoms. The van der Waals surface area contributed by atoms with Crippen molar-refractivity contribution in [3.8, 4) is 0 Å². The lowest BCUT2D eigenvalue weighted by Gasteiger charge is -2.02. The van der Waals surface area contributed by atoms with Gasteiger partial charge in [0.05, 0.1) is 5.75 Å². The molecule has 0 aliphatic rings. The van der Waals surface area contributed by atoms with Crippen LogP contribution < -0.4 is 20.7 Å². The van der Waals surface area contributed by atoms with Gasteiger partial charge < -0.3 is 10.6 Å². The third-order valence-electron chi connectivity index (χ3n) is 3.24. The summed E-state index contributed by atoms with van der Waals surface area (Å²) in [7, 11) is 0. The molecule has 0 fully saturated rings. The van der Waals surface area contributed by atoms with E-state index in [1.54, 1.807) is 6.20 Å². The topological polar surface area (TPSA) is 114 Å². The zero-order valence-electron chi connectivity index (χ0n) is 13.5. The van der Waals surface area contributed by atoms with Crippen molar-refractivity contribution in [2.75, 3.05) is 16.4 Å². The molecule has 0 saturated heterocycles. The van der Waals surface area contributed by atoms with Gasteiger partial charge in [-0.15, -0.1) is 10.2 Å². The van der Waals surface area contributed by atoms with E-state index in [2.05, 4.69) is 30.9 Å². The van der Waals surface area contributed by atoms with E-state index in [-0.39, 0.29) is 17.2 Å². The second kappa shape index (κ2) is 7.82. The molecule has 0 unspecified atom stereocenters. The summed E-state index contributed by atoms with van der Waals surface area (Å²) in [5, 5.41) is 18.2. The molecule has 12 heteroatoms. The number of para-hydroxylation sites is 1. The van der Waals surface area contributed by atoms with Gasteiger partial charge in [-0.05, 0) is 12.1 Å². The molecule has 1 amide bonds. The van der Waals surface area contributed by atoms with Crippen molar-refractivity contribution in [1.82, 2.24) is 24.8 Å². The monoisotopic (exact) mass is 417 g/mol. The smallest absolute Gasteiger partial charge is 0.292 e. The number of nitrogens with zero attached hydrogens (tertiary/aromatic N) is 5. The molecule has 136 valence electrons. The zero-order chi connectivity index (χ0) is 18.6. The lowest BCUT2D eigenvalue weighted by molar-refractivity contribution is -0.113. The van der Waals surface area contributed by atoms with Gasteiger partial charge in [0.15, 0.2) is 4.34 Å². The lowest BCUT2D eigenvalue weighted by atomic mass is 10.3. The first-order valence-corrected chi connectivity index (χ1v) is 10.2. The molecule has 0 aliphatic heterocycles. The maximum atomic E-state index is 12.1. The highest BCUT2D eigenvalue weighted by molar-refractivity contribution is 8.01. The summed E-state index contributed by atoms with van der Waals surface area (Å²) in [6, 6.07) is 9.25. The van der Waals surface area contributed by atoms with Gasteiger partial charge in [-0.25, -0.2) is 4.98 Å². The van der Waals surface area contributed by atoms with E-state index in [1.807, 2.05) is 30.3 Å². The largest absolute Gasteiger partial charge is 0.335 e. The number of thioether (sulfide) groups is 1. The second-order valence-corrected chi connectivity index (χ2v) is 8.30. The fourth-order valence-electron chi connectivity index (χ4n) is 2.08. The first kappa shape index (κ1) is 17.6. The number of amides is 1. The van der Waals surface area contributed by atoms with Crippen LogP contribution in [0.2, 0.25) is 0 Å². The molecule has 2 N–H and O–H groups in total. The molecule has 9 nitrogen and oxygen atoms in total. The maximum absolute atomic E-state index is 12.1. The number of carbonyl (C=O) groups excluding carboxylic acids is 1. The second-order valence-electron chi connectivity index (χ2n) is 5.09. The van der Waals surface area contributed by atoms with Crippen LogP contribution in [0.25, 0.3) is 11.2 Å². The van der Waals surface area contributed by atoms with Gasteiger partial charge in [0.1, 0.15) is 10.9 Å². The van der Waals surface area contributed by atoms with Gasteiger partial charge in [0, 0.05) is 11.9 Å². The van der Waals surface area contributed by atoms with E-state index >= 15 is 0 Å². The minimum absolute atomic E-state index is 0.118. The first-order chi connectivity index (χ1) is 13.2. The average Bonchev–Trinajstić information content (AvgIpc) is 3.38. The fourth-order valence-corrected chi connectivity index (χ4v) is 4.40. The standard InChI is InChI=1S/C15H11N7O2S3/c23-11(19-9-4-2-1-3-5-9)7-25-15-21-20-13(27-15)16-6-10-12(24)22-14(26-10)17-8-18-22/h1-6,8H,7H2,(H,16,20)(H,19,23)/b10-6-. The van der Waals surface area contributed by atoms with E-state index in [4.69, 9.17) is 0 Å². The minimum Gasteiger partial charge on any atom is -0.335 e. The molecule has 3 aromatic heterocycles. The molecule has 0 radical (unpaired) electrons. The number of thiazole rings is 1. The summed E-state index contributed by atoms with van der Waals surface area (Å²) < 4.78 is 2.36. The van der Waals surface area contributed by atoms with Crippen molar-refractivity contribution in [2.45, 2.75) is 4.34 Å². The lowest BCUT2D eigenvalue weighted by Crippen LogP contribution is -2.24. The third kappa shape index (κ3) is 4.13. The van der Waals surface area contributed by atoms with E-state index in [1.165, 1.54) is 45.3 Å². The highest BCUT2D eigenvalue weighted by Gasteiger charge is 2.09. The predicted molar refractivity (Wildman–Crippen MR) is 106 cm³/mol. The maximum Gasteiger partial charge on any atom is 0.292 e. The Morgan fingerprint density at radius 3 is 2.89 bits per heavy atom. The van der Waals surface area contributed by atoms with Crippen molar-refractivity contribution in [3.05, 3.63) is 51.5 Å². The summed E-state index contributed by atoms with van der Waals surface area (Å²) in [4.78, 5) is 28.5. The summed E-state index contributed by atoms with van der Waals surface area (Å²) >= 11 is 3.82. The van der Waals surface area contributed by atoms with Crippen LogP contribution in [0, 0.1) is 0 Å². The Balaban J connectivity index is 1.35. The van der Waals surface area contributed by atoms with Gasteiger partial charge >= 0.3 is 0 Å². The molecule has 0 spiro atoms. The van der Waals surface area contributed by atoms with Crippen molar-refractivity contribution in [2.24, 2.45) is 0 Å². The minimum atomic E-state index is -0.239. The number of nitrogens with one attached hydrogen (secondary N) is 2. The van der Waals surface area contributed by atoms with Crippen LogP contribution in [-0.4, -0.2) is 36.5 Å². The first-order valence-electron chi connectivity index (χ1n) is 7.59. The van der Waals surface area contributed by atoms with Crippen molar-refractivity contribution in [3.63, 3.8) is 0 Å². The van der Waals surface area contributed by atoms with Crippen LogP contribution in [-0.2, 0) is 4.79 Å². The van der Waals surface area contributed by atoms with Gasteiger partial charge in [-0.2, -0.15) is 9.61 Å². The van der Waals surface area contributed by atoms with Crippen LogP contribution in [0.1, 0.15) is 0 Å². The van der Waals surface area contributed by atoms with Crippen LogP contribution in [0.4, 0.5) is 10.8 Å². The quantitative estimate of drug-likeness (QED) is 0.451. The van der Waals surface area contributed by atoms with E-state index in [0.717, 1.165) is 5.69 Å². The van der Waals surface area contributed by atoms with Crippen LogP contribution in [0.5, 0.6) is 0 Å². The van der Waals surface area contributed by atoms with Gasteiger partial charge in [-0.1, -0.05) is 52.6 Å². The van der Waals surface area contributed by atoms with Crippen molar-refractivity contribution in [1.29, 1.82) is 0 Å². The zero-order valence-corrected chi connectivity index (χ0v) is 16.0. The molecule has 0 bridgehead atoms. The number of rotatable bonds is 6. The number of aromatic nitrogens is 5. The fraction of sp³-hybridized carbons (Fsp3) is 0.0667. The summed E-state index contributed by atoms with van der Waals surface area (Å²) in [5.41, 5.74) is 0.513. The summed E-state index contributed by atoms with van der Waals surface area (Å²) in [6.45, 7) is 0. The summed E-state index contributed by atoms with van der Waals surface area (Å²) in [6.07, 6.45) is 2.90. The molecule has 0 saturated carbocycles. The van der Waals surface area contributed by atoms with Crippen molar-refractivity contribution >= 4 is 62.3 Å². The Morgan fingerprint density at radius 2 is 2.07 bits per heavy atom. The molecule has 4 rings (SSSR count). The highest BCUT2D eigenvalue weighted by Crippen LogP contribution is 2.25. The molecular formula is C15H11N7O2S3. The number of anilines is 2. The Hall–Kier alpha value is -2.83. The summed E-state index contributed by atoms with van der Waals surface area (Å²) in [5.74, 6) is 0.110. The van der Waals surface area contributed by atoms with Crippen LogP contribution in [0.3, 0.4) is 0 Å². The number of hydrogen-bond donors (Lipinski definition) is 2. The number of carbonyl (C=O) groups is 1. The molecule has 0 aliphatic carbocycles. The predicted octanol–water partition coefficient (Wildman–Crippen LogP) is 1.30. The SMILES string of the molecule is O=C(CSc1nnc(N/C=c2\sc3ncnn3c2=O)s1)Nc1ccccc1.